The number of carbonyl (C=O) groups is 1. The molecule has 0 radical (unpaired) electrons. The van der Waals surface area contributed by atoms with E-state index >= 15 is 0 Å². The summed E-state index contributed by atoms with van der Waals surface area (Å²) in [4.78, 5) is 12.3. The van der Waals surface area contributed by atoms with Gasteiger partial charge in [0.05, 0.1) is 20.2 Å². The number of rotatable bonds is 3. The van der Waals surface area contributed by atoms with Gasteiger partial charge in [0.2, 0.25) is 0 Å². The van der Waals surface area contributed by atoms with Crippen LogP contribution in [0.3, 0.4) is 0 Å². The van der Waals surface area contributed by atoms with Gasteiger partial charge in [-0.05, 0) is 40.4 Å². The first-order valence-corrected chi connectivity index (χ1v) is 8.63. The van der Waals surface area contributed by atoms with Gasteiger partial charge in [-0.15, -0.1) is 11.3 Å². The number of hydrogen-bond donors (Lipinski definition) is 1. The zero-order valence-corrected chi connectivity index (χ0v) is 12.2. The topological polar surface area (TPSA) is 63.2 Å². The van der Waals surface area contributed by atoms with Crippen LogP contribution in [0.2, 0.25) is 0 Å². The minimum absolute atomic E-state index is 0.0624. The highest BCUT2D eigenvalue weighted by atomic mass is 79.9. The van der Waals surface area contributed by atoms with Crippen LogP contribution in [0.4, 0.5) is 0 Å². The average Bonchev–Trinajstić information content (AvgIpc) is 2.81. The fourth-order valence-electron chi connectivity index (χ4n) is 1.79. The summed E-state index contributed by atoms with van der Waals surface area (Å²) in [6, 6.07) is 3.56. The summed E-state index contributed by atoms with van der Waals surface area (Å²) >= 11 is 4.66. The van der Waals surface area contributed by atoms with E-state index in [4.69, 9.17) is 0 Å². The Balaban J connectivity index is 1.85. The molecule has 1 aromatic rings. The number of carbonyl (C=O) groups excluding carboxylic acids is 1. The highest BCUT2D eigenvalue weighted by Crippen LogP contribution is 2.22. The van der Waals surface area contributed by atoms with Crippen molar-refractivity contribution in [3.05, 3.63) is 20.8 Å². The molecule has 2 heterocycles. The molecule has 0 spiro atoms. The highest BCUT2D eigenvalue weighted by molar-refractivity contribution is 9.11. The number of halogens is 1. The van der Waals surface area contributed by atoms with E-state index in [0.29, 0.717) is 17.8 Å². The largest absolute Gasteiger partial charge is 0.351 e. The molecule has 1 amide bonds. The van der Waals surface area contributed by atoms with E-state index in [1.807, 2.05) is 6.07 Å². The third-order valence-corrected chi connectivity index (χ3v) is 6.13. The Morgan fingerprint density at radius 3 is 2.82 bits per heavy atom. The molecule has 1 aromatic heterocycles. The summed E-state index contributed by atoms with van der Waals surface area (Å²) in [5.74, 6) is 0.372. The fraction of sp³-hybridized carbons (Fsp3) is 0.500. The van der Waals surface area contributed by atoms with Crippen LogP contribution in [-0.4, -0.2) is 32.4 Å². The molecule has 1 atom stereocenters. The van der Waals surface area contributed by atoms with Crippen molar-refractivity contribution in [1.29, 1.82) is 0 Å². The van der Waals surface area contributed by atoms with Crippen LogP contribution in [0.1, 0.15) is 16.1 Å². The number of amides is 1. The summed E-state index contributed by atoms with van der Waals surface area (Å²) < 4.78 is 23.4. The number of thiophene rings is 1. The molecule has 7 heteroatoms. The standard InChI is InChI=1S/C10H12BrNO3S2/c11-9-2-1-8(16-9)10(13)12-5-7-3-4-17(14,15)6-7/h1-2,7H,3-6H2,(H,12,13). The lowest BCUT2D eigenvalue weighted by atomic mass is 10.1. The van der Waals surface area contributed by atoms with E-state index < -0.39 is 9.84 Å². The van der Waals surface area contributed by atoms with Gasteiger partial charge in [0, 0.05) is 6.54 Å². The summed E-state index contributed by atoms with van der Waals surface area (Å²) in [5.41, 5.74) is 0. The molecule has 1 saturated heterocycles. The molecule has 1 N–H and O–H groups in total. The van der Waals surface area contributed by atoms with E-state index in [2.05, 4.69) is 21.2 Å². The molecule has 0 aromatic carbocycles. The third-order valence-electron chi connectivity index (χ3n) is 2.68. The van der Waals surface area contributed by atoms with Crippen molar-refractivity contribution in [2.24, 2.45) is 5.92 Å². The number of hydrogen-bond acceptors (Lipinski definition) is 4. The zero-order valence-electron chi connectivity index (χ0n) is 8.98. The normalized spacial score (nSPS) is 22.5. The Morgan fingerprint density at radius 2 is 2.29 bits per heavy atom. The Labute approximate surface area is 112 Å². The van der Waals surface area contributed by atoms with Gasteiger partial charge < -0.3 is 5.32 Å². The Kier molecular flexibility index (Phi) is 3.89. The lowest BCUT2D eigenvalue weighted by molar-refractivity contribution is 0.0952. The van der Waals surface area contributed by atoms with Crippen molar-refractivity contribution >= 4 is 43.0 Å². The summed E-state index contributed by atoms with van der Waals surface area (Å²) in [5, 5.41) is 2.78. The van der Waals surface area contributed by atoms with Gasteiger partial charge in [0.25, 0.3) is 5.91 Å². The van der Waals surface area contributed by atoms with Crippen molar-refractivity contribution in [1.82, 2.24) is 5.32 Å². The molecule has 1 fully saturated rings. The first kappa shape index (κ1) is 13.0. The maximum Gasteiger partial charge on any atom is 0.261 e. The molecule has 94 valence electrons. The number of nitrogens with one attached hydrogen (secondary N) is 1. The van der Waals surface area contributed by atoms with Gasteiger partial charge in [-0.1, -0.05) is 0 Å². The molecular weight excluding hydrogens is 326 g/mol. The van der Waals surface area contributed by atoms with Gasteiger partial charge in [-0.25, -0.2) is 8.42 Å². The average molecular weight is 338 g/mol. The minimum atomic E-state index is -2.86. The lowest BCUT2D eigenvalue weighted by Gasteiger charge is -2.08. The molecule has 0 bridgehead atoms. The van der Waals surface area contributed by atoms with Crippen molar-refractivity contribution < 1.29 is 13.2 Å². The summed E-state index contributed by atoms with van der Waals surface area (Å²) in [6.07, 6.45) is 0.650. The number of sulfone groups is 1. The lowest BCUT2D eigenvalue weighted by Crippen LogP contribution is -2.29. The summed E-state index contributed by atoms with van der Waals surface area (Å²) in [7, 11) is -2.86. The Hall–Kier alpha value is -0.400. The SMILES string of the molecule is O=C(NCC1CCS(=O)(=O)C1)c1ccc(Br)s1. The second kappa shape index (κ2) is 5.07. The van der Waals surface area contributed by atoms with Crippen LogP contribution in [-0.2, 0) is 9.84 Å². The molecule has 4 nitrogen and oxygen atoms in total. The van der Waals surface area contributed by atoms with Crippen molar-refractivity contribution in [3.8, 4) is 0 Å². The predicted molar refractivity (Wildman–Crippen MR) is 71.1 cm³/mol. The van der Waals surface area contributed by atoms with Gasteiger partial charge in [-0.3, -0.25) is 4.79 Å². The molecule has 2 rings (SSSR count). The summed E-state index contributed by atoms with van der Waals surface area (Å²) in [6.45, 7) is 0.438. The van der Waals surface area contributed by atoms with Crippen LogP contribution in [0, 0.1) is 5.92 Å². The molecule has 0 aliphatic carbocycles. The maximum atomic E-state index is 11.7. The van der Waals surface area contributed by atoms with E-state index in [9.17, 15) is 13.2 Å². The van der Waals surface area contributed by atoms with E-state index in [0.717, 1.165) is 3.79 Å². The Bertz CT molecular complexity index is 523. The van der Waals surface area contributed by atoms with Crippen LogP contribution < -0.4 is 5.32 Å². The van der Waals surface area contributed by atoms with Gasteiger partial charge in [0.1, 0.15) is 0 Å². The Morgan fingerprint density at radius 1 is 1.53 bits per heavy atom. The van der Waals surface area contributed by atoms with Crippen molar-refractivity contribution in [2.45, 2.75) is 6.42 Å². The van der Waals surface area contributed by atoms with Crippen molar-refractivity contribution in [3.63, 3.8) is 0 Å². The molecule has 1 aliphatic rings. The van der Waals surface area contributed by atoms with E-state index in [1.54, 1.807) is 6.07 Å². The van der Waals surface area contributed by atoms with E-state index in [1.165, 1.54) is 11.3 Å². The maximum absolute atomic E-state index is 11.7. The first-order valence-electron chi connectivity index (χ1n) is 5.20. The fourth-order valence-corrected chi connectivity index (χ4v) is 4.96. The van der Waals surface area contributed by atoms with Crippen LogP contribution in [0.15, 0.2) is 15.9 Å². The van der Waals surface area contributed by atoms with Gasteiger partial charge in [-0.2, -0.15) is 0 Å². The van der Waals surface area contributed by atoms with Crippen LogP contribution in [0.5, 0.6) is 0 Å². The van der Waals surface area contributed by atoms with Crippen LogP contribution >= 0.6 is 27.3 Å². The quantitative estimate of drug-likeness (QED) is 0.912. The van der Waals surface area contributed by atoms with Crippen LogP contribution in [0.25, 0.3) is 0 Å². The van der Waals surface area contributed by atoms with Gasteiger partial charge >= 0.3 is 0 Å². The van der Waals surface area contributed by atoms with Crippen molar-refractivity contribution in [2.75, 3.05) is 18.1 Å². The smallest absolute Gasteiger partial charge is 0.261 e. The minimum Gasteiger partial charge on any atom is -0.351 e. The monoisotopic (exact) mass is 337 g/mol. The second-order valence-electron chi connectivity index (χ2n) is 4.08. The second-order valence-corrected chi connectivity index (χ2v) is 8.77. The third kappa shape index (κ3) is 3.53. The first-order chi connectivity index (χ1) is 7.96. The van der Waals surface area contributed by atoms with Gasteiger partial charge in [0.15, 0.2) is 9.84 Å². The molecule has 1 aliphatic heterocycles. The molecule has 17 heavy (non-hydrogen) atoms. The van der Waals surface area contributed by atoms with E-state index in [-0.39, 0.29) is 23.3 Å². The molecule has 0 saturated carbocycles. The predicted octanol–water partition coefficient (Wildman–Crippen LogP) is 1.68. The highest BCUT2D eigenvalue weighted by Gasteiger charge is 2.28. The molecular formula is C10H12BrNO3S2. The molecule has 1 unspecified atom stereocenters. The zero-order chi connectivity index (χ0) is 12.5.